The third-order valence-electron chi connectivity index (χ3n) is 1.83. The van der Waals surface area contributed by atoms with Crippen LogP contribution in [0.3, 0.4) is 0 Å². The van der Waals surface area contributed by atoms with Crippen molar-refractivity contribution in [2.75, 3.05) is 6.26 Å². The maximum atomic E-state index is 11.1. The summed E-state index contributed by atoms with van der Waals surface area (Å²) in [4.78, 5) is 3.69. The lowest BCUT2D eigenvalue weighted by Gasteiger charge is -2.06. The second-order valence-electron chi connectivity index (χ2n) is 2.79. The predicted molar refractivity (Wildman–Crippen MR) is 45.7 cm³/mol. The van der Waals surface area contributed by atoms with Gasteiger partial charge in [0.1, 0.15) is 16.7 Å². The van der Waals surface area contributed by atoms with Crippen molar-refractivity contribution in [3.63, 3.8) is 0 Å². The Morgan fingerprint density at radius 3 is 2.77 bits per heavy atom. The second-order valence-corrected chi connectivity index (χ2v) is 5.16. The molecule has 0 aliphatic rings. The van der Waals surface area contributed by atoms with Gasteiger partial charge in [0.05, 0.1) is 6.61 Å². The Morgan fingerprint density at radius 2 is 2.31 bits per heavy atom. The molecule has 6 heteroatoms. The van der Waals surface area contributed by atoms with Crippen molar-refractivity contribution in [2.24, 2.45) is 0 Å². The normalized spacial score (nSPS) is 14.4. The molecule has 0 saturated heterocycles. The van der Waals surface area contributed by atoms with Gasteiger partial charge in [-0.05, 0) is 6.92 Å². The molecule has 13 heavy (non-hydrogen) atoms. The van der Waals surface area contributed by atoms with Crippen molar-refractivity contribution in [2.45, 2.75) is 18.8 Å². The molecule has 0 bridgehead atoms. The highest BCUT2D eigenvalue weighted by Crippen LogP contribution is 2.23. The molecular formula is C7H11NO4S. The Kier molecular flexibility index (Phi) is 2.72. The van der Waals surface area contributed by atoms with Crippen molar-refractivity contribution < 1.29 is 17.9 Å². The first kappa shape index (κ1) is 10.2. The van der Waals surface area contributed by atoms with Crippen LogP contribution in [-0.4, -0.2) is 24.8 Å². The van der Waals surface area contributed by atoms with E-state index in [1.54, 1.807) is 0 Å². The van der Waals surface area contributed by atoms with Crippen LogP contribution in [0.5, 0.6) is 0 Å². The first-order chi connectivity index (χ1) is 5.96. The number of aliphatic hydroxyl groups is 1. The highest BCUT2D eigenvalue weighted by atomic mass is 32.2. The molecule has 1 heterocycles. The molecule has 0 spiro atoms. The lowest BCUT2D eigenvalue weighted by molar-refractivity contribution is 0.274. The van der Waals surface area contributed by atoms with Gasteiger partial charge in [-0.1, -0.05) is 0 Å². The third-order valence-corrected chi connectivity index (χ3v) is 3.33. The Morgan fingerprint density at radius 1 is 1.69 bits per heavy atom. The summed E-state index contributed by atoms with van der Waals surface area (Å²) in [5.41, 5.74) is 0.276. The SMILES string of the molecule is CC(c1ocnc1CO)S(C)(=O)=O. The zero-order chi connectivity index (χ0) is 10.1. The van der Waals surface area contributed by atoms with Gasteiger partial charge in [-0.2, -0.15) is 0 Å². The fourth-order valence-electron chi connectivity index (χ4n) is 0.922. The quantitative estimate of drug-likeness (QED) is 0.766. The fourth-order valence-corrected chi connectivity index (χ4v) is 1.50. The van der Waals surface area contributed by atoms with E-state index in [2.05, 4.69) is 4.98 Å². The smallest absolute Gasteiger partial charge is 0.181 e. The predicted octanol–water partition coefficient (Wildman–Crippen LogP) is 0.273. The minimum atomic E-state index is -3.20. The molecule has 5 nitrogen and oxygen atoms in total. The lowest BCUT2D eigenvalue weighted by Crippen LogP contribution is -2.08. The van der Waals surface area contributed by atoms with E-state index in [1.165, 1.54) is 6.92 Å². The number of hydrogen-bond donors (Lipinski definition) is 1. The Hall–Kier alpha value is -0.880. The number of aliphatic hydroxyl groups excluding tert-OH is 1. The number of hydrogen-bond acceptors (Lipinski definition) is 5. The van der Waals surface area contributed by atoms with Crippen LogP contribution in [0.15, 0.2) is 10.8 Å². The highest BCUT2D eigenvalue weighted by molar-refractivity contribution is 7.90. The monoisotopic (exact) mass is 205 g/mol. The average Bonchev–Trinajstić information content (AvgIpc) is 2.48. The fraction of sp³-hybridized carbons (Fsp3) is 0.571. The first-order valence-corrected chi connectivity index (χ1v) is 5.64. The molecular weight excluding hydrogens is 194 g/mol. The van der Waals surface area contributed by atoms with Crippen molar-refractivity contribution in [1.29, 1.82) is 0 Å². The second kappa shape index (κ2) is 3.47. The van der Waals surface area contributed by atoms with Crippen molar-refractivity contribution in [1.82, 2.24) is 4.98 Å². The van der Waals surface area contributed by atoms with E-state index in [1.807, 2.05) is 0 Å². The van der Waals surface area contributed by atoms with Gasteiger partial charge >= 0.3 is 0 Å². The van der Waals surface area contributed by atoms with E-state index in [-0.39, 0.29) is 18.1 Å². The highest BCUT2D eigenvalue weighted by Gasteiger charge is 2.23. The molecule has 74 valence electrons. The summed E-state index contributed by atoms with van der Waals surface area (Å²) in [6.07, 6.45) is 2.24. The van der Waals surface area contributed by atoms with Crippen LogP contribution < -0.4 is 0 Å². The Balaban J connectivity index is 3.08. The molecule has 1 aromatic rings. The Bertz CT molecular complexity index is 381. The number of oxazole rings is 1. The van der Waals surface area contributed by atoms with E-state index in [4.69, 9.17) is 9.52 Å². The van der Waals surface area contributed by atoms with E-state index in [9.17, 15) is 8.42 Å². The molecule has 1 rings (SSSR count). The van der Waals surface area contributed by atoms with Crippen LogP contribution in [0.2, 0.25) is 0 Å². The number of nitrogens with zero attached hydrogens (tertiary/aromatic N) is 1. The number of rotatable bonds is 3. The van der Waals surface area contributed by atoms with Crippen LogP contribution in [-0.2, 0) is 16.4 Å². The molecule has 0 aliphatic heterocycles. The molecule has 1 aromatic heterocycles. The lowest BCUT2D eigenvalue weighted by atomic mass is 10.3. The van der Waals surface area contributed by atoms with Crippen LogP contribution in [0, 0.1) is 0 Å². The summed E-state index contributed by atoms with van der Waals surface area (Å²) in [5.74, 6) is 0.213. The van der Waals surface area contributed by atoms with Crippen LogP contribution in [0.1, 0.15) is 23.6 Å². The molecule has 0 saturated carbocycles. The van der Waals surface area contributed by atoms with Gasteiger partial charge in [0.15, 0.2) is 16.2 Å². The zero-order valence-electron chi connectivity index (χ0n) is 7.39. The molecule has 1 atom stereocenters. The summed E-state index contributed by atoms with van der Waals surface area (Å²) in [6, 6.07) is 0. The standard InChI is InChI=1S/C7H11NO4S/c1-5(13(2,10)11)7-6(3-9)8-4-12-7/h4-5,9H,3H2,1-2H3. The molecule has 0 radical (unpaired) electrons. The molecule has 0 fully saturated rings. The van der Waals surface area contributed by atoms with Crippen LogP contribution in [0.25, 0.3) is 0 Å². The maximum absolute atomic E-state index is 11.1. The van der Waals surface area contributed by atoms with Gasteiger partial charge in [-0.25, -0.2) is 13.4 Å². The Labute approximate surface area is 76.3 Å². The zero-order valence-corrected chi connectivity index (χ0v) is 8.21. The first-order valence-electron chi connectivity index (χ1n) is 3.68. The summed E-state index contributed by atoms with van der Waals surface area (Å²) in [6.45, 7) is 1.18. The van der Waals surface area contributed by atoms with Gasteiger partial charge in [0.2, 0.25) is 0 Å². The average molecular weight is 205 g/mol. The summed E-state index contributed by atoms with van der Waals surface area (Å²) < 4.78 is 27.2. The molecule has 0 amide bonds. The molecule has 0 aliphatic carbocycles. The number of sulfone groups is 1. The molecule has 1 unspecified atom stereocenters. The molecule has 0 aromatic carbocycles. The topological polar surface area (TPSA) is 80.4 Å². The summed E-state index contributed by atoms with van der Waals surface area (Å²) in [7, 11) is -3.20. The van der Waals surface area contributed by atoms with Gasteiger partial charge in [-0.3, -0.25) is 0 Å². The van der Waals surface area contributed by atoms with Gasteiger partial charge in [0.25, 0.3) is 0 Å². The van der Waals surface area contributed by atoms with E-state index in [0.717, 1.165) is 12.6 Å². The largest absolute Gasteiger partial charge is 0.447 e. The number of aromatic nitrogens is 1. The van der Waals surface area contributed by atoms with Crippen LogP contribution >= 0.6 is 0 Å². The summed E-state index contributed by atoms with van der Waals surface area (Å²) >= 11 is 0. The van der Waals surface area contributed by atoms with Gasteiger partial charge in [-0.15, -0.1) is 0 Å². The minimum absolute atomic E-state index is 0.213. The van der Waals surface area contributed by atoms with Crippen molar-refractivity contribution in [3.05, 3.63) is 17.8 Å². The van der Waals surface area contributed by atoms with Crippen molar-refractivity contribution in [3.8, 4) is 0 Å². The van der Waals surface area contributed by atoms with Crippen LogP contribution in [0.4, 0.5) is 0 Å². The van der Waals surface area contributed by atoms with E-state index in [0.29, 0.717) is 0 Å². The maximum Gasteiger partial charge on any atom is 0.181 e. The van der Waals surface area contributed by atoms with Gasteiger partial charge < -0.3 is 9.52 Å². The third kappa shape index (κ3) is 2.07. The molecule has 1 N–H and O–H groups in total. The van der Waals surface area contributed by atoms with Crippen molar-refractivity contribution >= 4 is 9.84 Å². The van der Waals surface area contributed by atoms with E-state index < -0.39 is 15.1 Å². The van der Waals surface area contributed by atoms with Gasteiger partial charge in [0, 0.05) is 6.26 Å². The summed E-state index contributed by atoms with van der Waals surface area (Å²) in [5, 5.41) is 8.04. The van der Waals surface area contributed by atoms with E-state index >= 15 is 0 Å². The minimum Gasteiger partial charge on any atom is -0.447 e.